The first-order valence-corrected chi connectivity index (χ1v) is 11.2. The lowest BCUT2D eigenvalue weighted by Gasteiger charge is -2.26. The van der Waals surface area contributed by atoms with Gasteiger partial charge in [0.1, 0.15) is 0 Å². The first kappa shape index (κ1) is 25.2. The van der Waals surface area contributed by atoms with E-state index in [1.807, 2.05) is 6.08 Å². The van der Waals surface area contributed by atoms with E-state index in [0.29, 0.717) is 5.56 Å². The molecule has 0 bridgehead atoms. The number of nitrogens with zero attached hydrogens (tertiary/aromatic N) is 1. The van der Waals surface area contributed by atoms with Crippen LogP contribution in [-0.2, 0) is 20.8 Å². The molecule has 3 rings (SSSR count). The molecule has 2 aromatic rings. The number of allylic oxidation sites excluding steroid dienone is 1. The van der Waals surface area contributed by atoms with Crippen LogP contribution in [0.3, 0.4) is 0 Å². The van der Waals surface area contributed by atoms with Gasteiger partial charge in [-0.2, -0.15) is 0 Å². The van der Waals surface area contributed by atoms with Crippen LogP contribution in [0.4, 0.5) is 0 Å². The SMILES string of the molecule is COC(=O)[C@@H](NC(=O)c1ccc(C#CC=Cc2ccc(CN3CCOCC3)cc2)cc1)[C@@H](C)O. The van der Waals surface area contributed by atoms with E-state index in [0.717, 1.165) is 44.0 Å². The van der Waals surface area contributed by atoms with Crippen LogP contribution in [0.1, 0.15) is 34.0 Å². The highest BCUT2D eigenvalue weighted by atomic mass is 16.5. The number of carbonyl (C=O) groups is 2. The molecule has 0 spiro atoms. The topological polar surface area (TPSA) is 88.1 Å². The van der Waals surface area contributed by atoms with Gasteiger partial charge in [-0.15, -0.1) is 0 Å². The van der Waals surface area contributed by atoms with Crippen LogP contribution in [0, 0.1) is 11.8 Å². The number of esters is 1. The molecule has 1 aliphatic heterocycles. The first-order valence-electron chi connectivity index (χ1n) is 11.2. The number of methoxy groups -OCH3 is 1. The second-order valence-corrected chi connectivity index (χ2v) is 8.03. The maximum absolute atomic E-state index is 12.4. The Hall–Kier alpha value is -3.44. The molecular weight excluding hydrogens is 432 g/mol. The number of hydrogen-bond donors (Lipinski definition) is 2. The molecule has 2 aromatic carbocycles. The predicted octanol–water partition coefficient (Wildman–Crippen LogP) is 2.24. The smallest absolute Gasteiger partial charge is 0.331 e. The molecule has 1 amide bonds. The zero-order valence-electron chi connectivity index (χ0n) is 19.5. The van der Waals surface area contributed by atoms with Gasteiger partial charge in [0, 0.05) is 30.8 Å². The van der Waals surface area contributed by atoms with Crippen molar-refractivity contribution in [2.75, 3.05) is 33.4 Å². The largest absolute Gasteiger partial charge is 0.467 e. The number of nitrogens with one attached hydrogen (secondary N) is 1. The summed E-state index contributed by atoms with van der Waals surface area (Å²) in [7, 11) is 1.20. The Balaban J connectivity index is 1.53. The van der Waals surface area contributed by atoms with E-state index in [1.54, 1.807) is 30.3 Å². The van der Waals surface area contributed by atoms with Crippen LogP contribution in [0.2, 0.25) is 0 Å². The summed E-state index contributed by atoms with van der Waals surface area (Å²) in [5.41, 5.74) is 3.46. The highest BCUT2D eigenvalue weighted by Gasteiger charge is 2.26. The Morgan fingerprint density at radius 3 is 2.44 bits per heavy atom. The molecule has 0 unspecified atom stereocenters. The Bertz CT molecular complexity index is 1040. The maximum atomic E-state index is 12.4. The van der Waals surface area contributed by atoms with Crippen molar-refractivity contribution in [2.24, 2.45) is 0 Å². The van der Waals surface area contributed by atoms with Gasteiger partial charge in [-0.3, -0.25) is 9.69 Å². The van der Waals surface area contributed by atoms with Crippen LogP contribution in [-0.4, -0.2) is 67.4 Å². The molecule has 2 N–H and O–H groups in total. The zero-order chi connectivity index (χ0) is 24.3. The van der Waals surface area contributed by atoms with E-state index in [2.05, 4.69) is 51.1 Å². The van der Waals surface area contributed by atoms with Crippen molar-refractivity contribution in [3.8, 4) is 11.8 Å². The van der Waals surface area contributed by atoms with Crippen LogP contribution < -0.4 is 5.32 Å². The molecule has 34 heavy (non-hydrogen) atoms. The van der Waals surface area contributed by atoms with Crippen molar-refractivity contribution < 1.29 is 24.2 Å². The number of benzene rings is 2. The molecule has 1 fully saturated rings. The summed E-state index contributed by atoms with van der Waals surface area (Å²) in [4.78, 5) is 26.4. The summed E-state index contributed by atoms with van der Waals surface area (Å²) >= 11 is 0. The van der Waals surface area contributed by atoms with Crippen molar-refractivity contribution in [3.05, 3.63) is 76.9 Å². The van der Waals surface area contributed by atoms with Gasteiger partial charge in [0.2, 0.25) is 0 Å². The third-order valence-electron chi connectivity index (χ3n) is 5.44. The van der Waals surface area contributed by atoms with Crippen molar-refractivity contribution in [2.45, 2.75) is 25.6 Å². The van der Waals surface area contributed by atoms with Gasteiger partial charge in [0.25, 0.3) is 5.91 Å². The third-order valence-corrected chi connectivity index (χ3v) is 5.44. The molecule has 0 radical (unpaired) electrons. The molecule has 178 valence electrons. The summed E-state index contributed by atoms with van der Waals surface area (Å²) in [6.07, 6.45) is 2.67. The average Bonchev–Trinajstić information content (AvgIpc) is 2.86. The molecule has 1 heterocycles. The number of ether oxygens (including phenoxy) is 2. The summed E-state index contributed by atoms with van der Waals surface area (Å²) in [6.45, 7) is 5.89. The summed E-state index contributed by atoms with van der Waals surface area (Å²) < 4.78 is 10.00. The van der Waals surface area contributed by atoms with Gasteiger partial charge in [-0.1, -0.05) is 36.1 Å². The number of aliphatic hydroxyl groups is 1. The van der Waals surface area contributed by atoms with E-state index in [4.69, 9.17) is 4.74 Å². The van der Waals surface area contributed by atoms with Crippen molar-refractivity contribution >= 4 is 18.0 Å². The third kappa shape index (κ3) is 7.56. The minimum atomic E-state index is -1.13. The number of aliphatic hydroxyl groups excluding tert-OH is 1. The molecular formula is C27H30N2O5. The highest BCUT2D eigenvalue weighted by molar-refractivity contribution is 5.97. The zero-order valence-corrected chi connectivity index (χ0v) is 19.5. The fraction of sp³-hybridized carbons (Fsp3) is 0.333. The monoisotopic (exact) mass is 462 g/mol. The lowest BCUT2D eigenvalue weighted by Crippen LogP contribution is -2.48. The molecule has 7 nitrogen and oxygen atoms in total. The fourth-order valence-corrected chi connectivity index (χ4v) is 3.45. The Morgan fingerprint density at radius 2 is 1.82 bits per heavy atom. The fourth-order valence-electron chi connectivity index (χ4n) is 3.45. The molecule has 0 aromatic heterocycles. The normalized spacial score (nSPS) is 15.7. The van der Waals surface area contributed by atoms with Gasteiger partial charge < -0.3 is 19.9 Å². The average molecular weight is 463 g/mol. The molecule has 1 aliphatic rings. The van der Waals surface area contributed by atoms with Crippen LogP contribution in [0.15, 0.2) is 54.6 Å². The van der Waals surface area contributed by atoms with Gasteiger partial charge in [-0.05, 0) is 54.5 Å². The summed E-state index contributed by atoms with van der Waals surface area (Å²) in [5, 5.41) is 12.2. The lowest BCUT2D eigenvalue weighted by molar-refractivity contribution is -0.145. The Morgan fingerprint density at radius 1 is 1.15 bits per heavy atom. The minimum Gasteiger partial charge on any atom is -0.467 e. The van der Waals surface area contributed by atoms with Crippen LogP contribution in [0.25, 0.3) is 6.08 Å². The molecule has 7 heteroatoms. The first-order chi connectivity index (χ1) is 16.5. The van der Waals surface area contributed by atoms with Crippen molar-refractivity contribution in [1.82, 2.24) is 10.2 Å². The number of hydrogen-bond acceptors (Lipinski definition) is 6. The molecule has 0 aliphatic carbocycles. The van der Waals surface area contributed by atoms with E-state index >= 15 is 0 Å². The molecule has 0 saturated carbocycles. The number of carbonyl (C=O) groups excluding carboxylic acids is 2. The van der Waals surface area contributed by atoms with Gasteiger partial charge in [0.05, 0.1) is 26.4 Å². The highest BCUT2D eigenvalue weighted by Crippen LogP contribution is 2.10. The summed E-state index contributed by atoms with van der Waals surface area (Å²) in [6, 6.07) is 14.0. The van der Waals surface area contributed by atoms with E-state index in [1.165, 1.54) is 19.6 Å². The van der Waals surface area contributed by atoms with Gasteiger partial charge in [0.15, 0.2) is 6.04 Å². The predicted molar refractivity (Wildman–Crippen MR) is 130 cm³/mol. The van der Waals surface area contributed by atoms with Gasteiger partial charge >= 0.3 is 5.97 Å². The van der Waals surface area contributed by atoms with E-state index in [-0.39, 0.29) is 0 Å². The Labute approximate surface area is 200 Å². The van der Waals surface area contributed by atoms with Crippen LogP contribution in [0.5, 0.6) is 0 Å². The van der Waals surface area contributed by atoms with Crippen LogP contribution >= 0.6 is 0 Å². The molecule has 1 saturated heterocycles. The van der Waals surface area contributed by atoms with E-state index < -0.39 is 24.0 Å². The number of amides is 1. The van der Waals surface area contributed by atoms with Gasteiger partial charge in [-0.25, -0.2) is 4.79 Å². The van der Waals surface area contributed by atoms with E-state index in [9.17, 15) is 14.7 Å². The van der Waals surface area contributed by atoms with Crippen molar-refractivity contribution in [1.29, 1.82) is 0 Å². The summed E-state index contributed by atoms with van der Waals surface area (Å²) in [5.74, 6) is 4.85. The second-order valence-electron chi connectivity index (χ2n) is 8.03. The van der Waals surface area contributed by atoms with Crippen molar-refractivity contribution in [3.63, 3.8) is 0 Å². The number of rotatable bonds is 7. The maximum Gasteiger partial charge on any atom is 0.331 e. The number of morpholine rings is 1. The lowest BCUT2D eigenvalue weighted by atomic mass is 10.1. The molecule has 2 atom stereocenters. The quantitative estimate of drug-likeness (QED) is 0.485. The minimum absolute atomic E-state index is 0.354. The second kappa shape index (κ2) is 12.7. The standard InChI is InChI=1S/C27H30N2O5/c1-20(30)25(27(32)33-2)28-26(31)24-13-11-22(12-14-24)6-4-3-5-21-7-9-23(10-8-21)19-29-15-17-34-18-16-29/h3,5,7-14,20,25,30H,15-19H2,1-2H3,(H,28,31)/t20-,25+/m1/s1. The Kier molecular flexibility index (Phi) is 9.41.